The summed E-state index contributed by atoms with van der Waals surface area (Å²) in [5.74, 6) is -2.98. The lowest BCUT2D eigenvalue weighted by molar-refractivity contribution is -0.179. The number of allylic oxidation sites excluding steroid dienone is 4. The van der Waals surface area contributed by atoms with E-state index < -0.39 is 56.6 Å². The smallest absolute Gasteiger partial charge is 0.206 e. The summed E-state index contributed by atoms with van der Waals surface area (Å²) in [5.41, 5.74) is -5.75. The maximum absolute atomic E-state index is 14.2. The van der Waals surface area contributed by atoms with Gasteiger partial charge in [-0.25, -0.2) is 0 Å². The molecule has 7 nitrogen and oxygen atoms in total. The predicted molar refractivity (Wildman–Crippen MR) is 138 cm³/mol. The van der Waals surface area contributed by atoms with Crippen LogP contribution in [-0.4, -0.2) is 55.1 Å². The van der Waals surface area contributed by atoms with Gasteiger partial charge in [0.2, 0.25) is 5.78 Å². The number of hydrogen-bond acceptors (Lipinski definition) is 7. The fourth-order valence-corrected chi connectivity index (χ4v) is 8.58. The van der Waals surface area contributed by atoms with Crippen LogP contribution in [0.15, 0.2) is 35.6 Å². The molecule has 8 atom stereocenters. The second kappa shape index (κ2) is 7.96. The summed E-state index contributed by atoms with van der Waals surface area (Å²) in [5, 5.41) is 43.6. The quantitative estimate of drug-likeness (QED) is 0.333. The molecular formula is C30H42O7. The van der Waals surface area contributed by atoms with Gasteiger partial charge in [-0.3, -0.25) is 14.4 Å². The topological polar surface area (TPSA) is 132 Å². The van der Waals surface area contributed by atoms with Crippen molar-refractivity contribution in [2.75, 3.05) is 0 Å². The molecule has 4 aliphatic rings. The van der Waals surface area contributed by atoms with E-state index in [-0.39, 0.29) is 29.7 Å². The fourth-order valence-electron chi connectivity index (χ4n) is 8.58. The first-order chi connectivity index (χ1) is 16.7. The van der Waals surface area contributed by atoms with Crippen LogP contribution >= 0.6 is 0 Å². The standard InChI is InChI=1S/C30H42O7/c1-25(2,36)12-11-21(33)30(8,37)23-19(32)14-27(5)20-10-9-16-17(13-18(31)24(35)26(16,3)4)29(20,7)22(34)15-28(23,27)6/h9,11-13,17,19-20,23,31-32,36-37H,10,14-15H2,1-8H3/b12-11+/t17-,19+,20-,23-,27-,28+,29+,30-/m0/s1. The van der Waals surface area contributed by atoms with Crippen molar-refractivity contribution in [1.29, 1.82) is 0 Å². The van der Waals surface area contributed by atoms with Gasteiger partial charge < -0.3 is 20.4 Å². The Hall–Kier alpha value is -2.09. The maximum Gasteiger partial charge on any atom is 0.206 e. The summed E-state index contributed by atoms with van der Waals surface area (Å²) in [6.45, 7) is 13.8. The zero-order valence-corrected chi connectivity index (χ0v) is 23.3. The summed E-state index contributed by atoms with van der Waals surface area (Å²) in [6.07, 6.45) is 5.85. The van der Waals surface area contributed by atoms with E-state index >= 15 is 0 Å². The average Bonchev–Trinajstić information content (AvgIpc) is 2.96. The highest BCUT2D eigenvalue weighted by atomic mass is 16.3. The molecule has 2 saturated carbocycles. The third-order valence-corrected chi connectivity index (χ3v) is 10.8. The predicted octanol–water partition coefficient (Wildman–Crippen LogP) is 3.62. The van der Waals surface area contributed by atoms with E-state index in [9.17, 15) is 34.8 Å². The number of aliphatic hydroxyl groups is 4. The van der Waals surface area contributed by atoms with E-state index in [0.29, 0.717) is 12.8 Å². The van der Waals surface area contributed by atoms with Crippen molar-refractivity contribution in [1.82, 2.24) is 0 Å². The lowest BCUT2D eigenvalue weighted by Gasteiger charge is -2.63. The molecular weight excluding hydrogens is 472 g/mol. The number of hydrogen-bond donors (Lipinski definition) is 4. The van der Waals surface area contributed by atoms with E-state index in [1.807, 2.05) is 26.8 Å². The third-order valence-electron chi connectivity index (χ3n) is 10.8. The van der Waals surface area contributed by atoms with Crippen molar-refractivity contribution >= 4 is 17.3 Å². The molecule has 0 aromatic carbocycles. The lowest BCUT2D eigenvalue weighted by atomic mass is 9.39. The summed E-state index contributed by atoms with van der Waals surface area (Å²) in [6, 6.07) is 0. The van der Waals surface area contributed by atoms with Gasteiger partial charge in [0.05, 0.1) is 17.1 Å². The molecule has 0 radical (unpaired) electrons. The van der Waals surface area contributed by atoms with Crippen molar-refractivity contribution in [3.8, 4) is 0 Å². The van der Waals surface area contributed by atoms with Crippen molar-refractivity contribution in [2.24, 2.45) is 39.4 Å². The molecule has 0 aromatic rings. The number of ketones is 3. The third kappa shape index (κ3) is 3.60. The van der Waals surface area contributed by atoms with Crippen molar-refractivity contribution in [3.63, 3.8) is 0 Å². The molecule has 7 heteroatoms. The lowest BCUT2D eigenvalue weighted by Crippen LogP contribution is -2.64. The highest BCUT2D eigenvalue weighted by molar-refractivity contribution is 6.02. The van der Waals surface area contributed by atoms with Gasteiger partial charge in [-0.1, -0.05) is 38.5 Å². The molecule has 37 heavy (non-hydrogen) atoms. The second-order valence-electron chi connectivity index (χ2n) is 13.9. The van der Waals surface area contributed by atoms with Crippen LogP contribution in [0.3, 0.4) is 0 Å². The van der Waals surface area contributed by atoms with Crippen molar-refractivity contribution in [2.45, 2.75) is 92.0 Å². The number of carbonyl (C=O) groups is 3. The van der Waals surface area contributed by atoms with Gasteiger partial charge in [-0.05, 0) is 76.4 Å². The van der Waals surface area contributed by atoms with E-state index in [4.69, 9.17) is 0 Å². The highest BCUT2D eigenvalue weighted by Crippen LogP contribution is 2.73. The number of Topliss-reactive ketones (excluding diaryl/α,β-unsaturated/α-hetero) is 2. The van der Waals surface area contributed by atoms with Crippen LogP contribution in [0.5, 0.6) is 0 Å². The van der Waals surface area contributed by atoms with E-state index in [0.717, 1.165) is 11.6 Å². The van der Waals surface area contributed by atoms with E-state index in [2.05, 4.69) is 0 Å². The van der Waals surface area contributed by atoms with Gasteiger partial charge in [0.25, 0.3) is 0 Å². The zero-order valence-electron chi connectivity index (χ0n) is 23.3. The highest BCUT2D eigenvalue weighted by Gasteiger charge is 2.74. The van der Waals surface area contributed by atoms with E-state index in [1.54, 1.807) is 13.8 Å². The summed E-state index contributed by atoms with van der Waals surface area (Å²) < 4.78 is 0. The molecule has 0 spiro atoms. The minimum Gasteiger partial charge on any atom is -0.505 e. The summed E-state index contributed by atoms with van der Waals surface area (Å²) in [4.78, 5) is 40.1. The monoisotopic (exact) mass is 514 g/mol. The normalized spacial score (nSPS) is 42.9. The molecule has 4 N–H and O–H groups in total. The van der Waals surface area contributed by atoms with Gasteiger partial charge in [-0.2, -0.15) is 0 Å². The first-order valence-electron chi connectivity index (χ1n) is 13.2. The molecule has 4 rings (SSSR count). The van der Waals surface area contributed by atoms with Crippen molar-refractivity contribution < 1.29 is 34.8 Å². The molecule has 0 amide bonds. The SMILES string of the molecule is CC(C)(O)/C=C/C(=O)[C@](C)(O)[C@H]1[C@H](O)C[C@@]2(C)[C@@H]3CC=C4[C@H](C=C(O)C(=O)C4(C)C)[C@@]3(C)C(=O)C[C@]12C. The number of aliphatic hydroxyl groups excluding tert-OH is 2. The Kier molecular flexibility index (Phi) is 6.01. The van der Waals surface area contributed by atoms with Gasteiger partial charge in [0, 0.05) is 23.7 Å². The minimum atomic E-state index is -1.96. The Balaban J connectivity index is 1.82. The van der Waals surface area contributed by atoms with Crippen LogP contribution in [0, 0.1) is 39.4 Å². The Morgan fingerprint density at radius 2 is 1.65 bits per heavy atom. The largest absolute Gasteiger partial charge is 0.505 e. The average molecular weight is 515 g/mol. The number of rotatable bonds is 4. The minimum absolute atomic E-state index is 0.0453. The van der Waals surface area contributed by atoms with Crippen molar-refractivity contribution in [3.05, 3.63) is 35.6 Å². The first-order valence-corrected chi connectivity index (χ1v) is 13.2. The zero-order chi connectivity index (χ0) is 28.1. The molecule has 0 aromatic heterocycles. The molecule has 0 aliphatic heterocycles. The maximum atomic E-state index is 14.2. The Bertz CT molecular complexity index is 1150. The van der Waals surface area contributed by atoms with Gasteiger partial charge >= 0.3 is 0 Å². The molecule has 204 valence electrons. The second-order valence-corrected chi connectivity index (χ2v) is 13.9. The molecule has 0 unspecified atom stereocenters. The Morgan fingerprint density at radius 1 is 1.05 bits per heavy atom. The molecule has 0 heterocycles. The molecule has 2 fully saturated rings. The first kappa shape index (κ1) is 27.9. The van der Waals surface area contributed by atoms with Gasteiger partial charge in [-0.15, -0.1) is 0 Å². The van der Waals surface area contributed by atoms with E-state index in [1.165, 1.54) is 32.9 Å². The van der Waals surface area contributed by atoms with Gasteiger partial charge in [0.1, 0.15) is 11.4 Å². The molecule has 0 bridgehead atoms. The summed E-state index contributed by atoms with van der Waals surface area (Å²) in [7, 11) is 0. The number of fused-ring (bicyclic) bond motifs is 5. The van der Waals surface area contributed by atoms with Crippen LogP contribution in [0.2, 0.25) is 0 Å². The van der Waals surface area contributed by atoms with Crippen LogP contribution < -0.4 is 0 Å². The van der Waals surface area contributed by atoms with Gasteiger partial charge in [0.15, 0.2) is 11.5 Å². The Labute approximate surface area is 219 Å². The number of carbonyl (C=O) groups excluding carboxylic acids is 3. The van der Waals surface area contributed by atoms with Crippen LogP contribution in [0.25, 0.3) is 0 Å². The molecule has 4 aliphatic carbocycles. The Morgan fingerprint density at radius 3 is 2.22 bits per heavy atom. The van der Waals surface area contributed by atoms with Crippen LogP contribution in [-0.2, 0) is 14.4 Å². The molecule has 0 saturated heterocycles. The van der Waals surface area contributed by atoms with Crippen LogP contribution in [0.4, 0.5) is 0 Å². The fraction of sp³-hybridized carbons (Fsp3) is 0.700. The summed E-state index contributed by atoms with van der Waals surface area (Å²) >= 11 is 0. The van der Waals surface area contributed by atoms with Crippen LogP contribution in [0.1, 0.15) is 74.7 Å².